The highest BCUT2D eigenvalue weighted by Gasteiger charge is 2.68. The van der Waals surface area contributed by atoms with Crippen LogP contribution in [0.3, 0.4) is 0 Å². The van der Waals surface area contributed by atoms with E-state index in [1.54, 1.807) is 0 Å². The summed E-state index contributed by atoms with van der Waals surface area (Å²) in [7, 11) is 0. The molecule has 0 spiro atoms. The Balaban J connectivity index is 1.75. The predicted octanol–water partition coefficient (Wildman–Crippen LogP) is 2.62. The van der Waals surface area contributed by atoms with Crippen LogP contribution in [0.4, 0.5) is 0 Å². The van der Waals surface area contributed by atoms with Crippen LogP contribution in [-0.4, -0.2) is 39.8 Å². The Hall–Kier alpha value is -0.940. The van der Waals surface area contributed by atoms with Crippen LogP contribution in [-0.2, 0) is 14.3 Å². The molecule has 4 aliphatic rings. The van der Waals surface area contributed by atoms with E-state index >= 15 is 0 Å². The largest absolute Gasteiger partial charge is 0.459 e. The molecule has 0 heterocycles. The molecular formula is C21H32O5. The van der Waals surface area contributed by atoms with Crippen LogP contribution in [0.25, 0.3) is 0 Å². The summed E-state index contributed by atoms with van der Waals surface area (Å²) < 4.78 is 5.65. The molecule has 5 heteroatoms. The molecule has 0 saturated heterocycles. The smallest absolute Gasteiger partial charge is 0.303 e. The van der Waals surface area contributed by atoms with Gasteiger partial charge in [0.25, 0.3) is 0 Å². The fourth-order valence-electron chi connectivity index (χ4n) is 7.35. The Bertz CT molecular complexity index is 632. The van der Waals surface area contributed by atoms with E-state index in [1.807, 2.05) is 0 Å². The molecule has 4 saturated carbocycles. The normalized spacial score (nSPS) is 53.4. The standard InChI is InChI=1S/C21H32O5/c1-12(22)26-18-10-14-15-4-5-17(24)19(15,2)8-7-16(14)20(3)9-6-13(23)11-21(18,20)25/h13-16,18,23,25H,4-11H2,1-3H3/t13-,14+,15+,16+,18-,19+,20-,21+/m1/s1. The van der Waals surface area contributed by atoms with E-state index in [-0.39, 0.29) is 23.2 Å². The molecule has 5 nitrogen and oxygen atoms in total. The number of carbonyl (C=O) groups excluding carboxylic acids is 2. The molecule has 0 bridgehead atoms. The zero-order valence-corrected chi connectivity index (χ0v) is 16.2. The van der Waals surface area contributed by atoms with Gasteiger partial charge in [0, 0.05) is 30.6 Å². The van der Waals surface area contributed by atoms with Crippen molar-refractivity contribution in [2.45, 2.75) is 89.9 Å². The van der Waals surface area contributed by atoms with Gasteiger partial charge < -0.3 is 14.9 Å². The number of ether oxygens (including phenoxy) is 1. The lowest BCUT2D eigenvalue weighted by Crippen LogP contribution is -2.69. The zero-order valence-electron chi connectivity index (χ0n) is 16.2. The summed E-state index contributed by atoms with van der Waals surface area (Å²) in [4.78, 5) is 24.3. The highest BCUT2D eigenvalue weighted by molar-refractivity contribution is 5.87. The van der Waals surface area contributed by atoms with Crippen molar-refractivity contribution in [2.24, 2.45) is 28.6 Å². The topological polar surface area (TPSA) is 83.8 Å². The van der Waals surface area contributed by atoms with Crippen molar-refractivity contribution in [2.75, 3.05) is 0 Å². The molecule has 0 unspecified atom stereocenters. The highest BCUT2D eigenvalue weighted by atomic mass is 16.6. The van der Waals surface area contributed by atoms with Crippen molar-refractivity contribution in [3.63, 3.8) is 0 Å². The summed E-state index contributed by atoms with van der Waals surface area (Å²) >= 11 is 0. The lowest BCUT2D eigenvalue weighted by atomic mass is 9.43. The molecule has 26 heavy (non-hydrogen) atoms. The number of hydrogen-bond donors (Lipinski definition) is 2. The van der Waals surface area contributed by atoms with Crippen molar-refractivity contribution < 1.29 is 24.5 Å². The van der Waals surface area contributed by atoms with Gasteiger partial charge in [0.1, 0.15) is 17.5 Å². The fourth-order valence-corrected chi connectivity index (χ4v) is 7.35. The third-order valence-electron chi connectivity index (χ3n) is 8.82. The summed E-state index contributed by atoms with van der Waals surface area (Å²) in [6, 6.07) is 0. The van der Waals surface area contributed by atoms with Gasteiger partial charge >= 0.3 is 5.97 Å². The number of ketones is 1. The molecule has 0 radical (unpaired) electrons. The quantitative estimate of drug-likeness (QED) is 0.699. The number of aliphatic hydroxyl groups is 2. The van der Waals surface area contributed by atoms with Crippen LogP contribution in [0.15, 0.2) is 0 Å². The molecule has 4 rings (SSSR count). The number of fused-ring (bicyclic) bond motifs is 5. The summed E-state index contributed by atoms with van der Waals surface area (Å²) in [5.74, 6) is 0.932. The molecule has 4 aliphatic carbocycles. The van der Waals surface area contributed by atoms with E-state index in [0.717, 1.165) is 25.7 Å². The first-order valence-electron chi connectivity index (χ1n) is 10.2. The number of rotatable bonds is 1. The van der Waals surface area contributed by atoms with Crippen molar-refractivity contribution in [3.8, 4) is 0 Å². The molecule has 146 valence electrons. The van der Waals surface area contributed by atoms with E-state index in [0.29, 0.717) is 42.8 Å². The first-order chi connectivity index (χ1) is 12.1. The molecule has 0 aliphatic heterocycles. The molecule has 8 atom stereocenters. The van der Waals surface area contributed by atoms with Crippen LogP contribution in [0.1, 0.15) is 72.1 Å². The maximum Gasteiger partial charge on any atom is 0.303 e. The van der Waals surface area contributed by atoms with Gasteiger partial charge in [0.05, 0.1) is 6.10 Å². The van der Waals surface area contributed by atoms with E-state index in [9.17, 15) is 19.8 Å². The van der Waals surface area contributed by atoms with Crippen molar-refractivity contribution in [1.29, 1.82) is 0 Å². The first-order valence-corrected chi connectivity index (χ1v) is 10.2. The van der Waals surface area contributed by atoms with Crippen LogP contribution < -0.4 is 0 Å². The number of esters is 1. The zero-order chi connectivity index (χ0) is 18.9. The van der Waals surface area contributed by atoms with Crippen molar-refractivity contribution >= 4 is 11.8 Å². The van der Waals surface area contributed by atoms with Gasteiger partial charge in [0.2, 0.25) is 0 Å². The molecule has 0 amide bonds. The van der Waals surface area contributed by atoms with Gasteiger partial charge in [0.15, 0.2) is 0 Å². The second-order valence-corrected chi connectivity index (χ2v) is 9.87. The predicted molar refractivity (Wildman–Crippen MR) is 95.1 cm³/mol. The van der Waals surface area contributed by atoms with Crippen molar-refractivity contribution in [1.82, 2.24) is 0 Å². The summed E-state index contributed by atoms with van der Waals surface area (Å²) in [6.45, 7) is 5.64. The first kappa shape index (κ1) is 18.4. The minimum absolute atomic E-state index is 0.248. The molecule has 0 aromatic heterocycles. The minimum atomic E-state index is -1.19. The van der Waals surface area contributed by atoms with E-state index in [2.05, 4.69) is 13.8 Å². The molecule has 2 N–H and O–H groups in total. The number of aliphatic hydroxyl groups excluding tert-OH is 1. The highest BCUT2D eigenvalue weighted by Crippen LogP contribution is 2.66. The maximum absolute atomic E-state index is 12.6. The Labute approximate surface area is 155 Å². The molecule has 4 fully saturated rings. The SMILES string of the molecule is CC(=O)O[C@@H]1C[C@H]2[C@@H]3CCC(=O)[C@@]3(C)CC[C@@H]2[C@@]2(C)CC[C@@H](O)C[C@]12O. The average molecular weight is 364 g/mol. The number of Topliss-reactive ketones (excluding diaryl/α,β-unsaturated/α-hetero) is 1. The Morgan fingerprint density at radius 1 is 1.15 bits per heavy atom. The van der Waals surface area contributed by atoms with E-state index in [4.69, 9.17) is 4.74 Å². The molecule has 0 aromatic rings. The second-order valence-electron chi connectivity index (χ2n) is 9.87. The molecular weight excluding hydrogens is 332 g/mol. The third kappa shape index (κ3) is 2.29. The van der Waals surface area contributed by atoms with Gasteiger partial charge in [-0.3, -0.25) is 9.59 Å². The van der Waals surface area contributed by atoms with Gasteiger partial charge in [-0.2, -0.15) is 0 Å². The van der Waals surface area contributed by atoms with Gasteiger partial charge in [-0.25, -0.2) is 0 Å². The fraction of sp³-hybridized carbons (Fsp3) is 0.905. The lowest BCUT2D eigenvalue weighted by Gasteiger charge is -2.65. The van der Waals surface area contributed by atoms with Gasteiger partial charge in [-0.1, -0.05) is 13.8 Å². The Morgan fingerprint density at radius 3 is 2.58 bits per heavy atom. The van der Waals surface area contributed by atoms with Gasteiger partial charge in [-0.05, 0) is 56.3 Å². The number of hydrogen-bond acceptors (Lipinski definition) is 5. The molecule has 0 aromatic carbocycles. The van der Waals surface area contributed by atoms with Gasteiger partial charge in [-0.15, -0.1) is 0 Å². The summed E-state index contributed by atoms with van der Waals surface area (Å²) in [5, 5.41) is 22.0. The summed E-state index contributed by atoms with van der Waals surface area (Å²) in [6.07, 6.45) is 4.54. The average Bonchev–Trinajstić information content (AvgIpc) is 2.85. The maximum atomic E-state index is 12.6. The van der Waals surface area contributed by atoms with E-state index < -0.39 is 17.8 Å². The van der Waals surface area contributed by atoms with E-state index in [1.165, 1.54) is 6.92 Å². The Kier molecular flexibility index (Phi) is 4.09. The monoisotopic (exact) mass is 364 g/mol. The third-order valence-corrected chi connectivity index (χ3v) is 8.82. The number of carbonyl (C=O) groups is 2. The van der Waals surface area contributed by atoms with Crippen molar-refractivity contribution in [3.05, 3.63) is 0 Å². The lowest BCUT2D eigenvalue weighted by molar-refractivity contribution is -0.267. The second kappa shape index (κ2) is 5.78. The summed E-state index contributed by atoms with van der Waals surface area (Å²) in [5.41, 5.74) is -1.82. The Morgan fingerprint density at radius 2 is 1.88 bits per heavy atom. The van der Waals surface area contributed by atoms with Crippen LogP contribution in [0, 0.1) is 28.6 Å². The van der Waals surface area contributed by atoms with Crippen LogP contribution >= 0.6 is 0 Å². The minimum Gasteiger partial charge on any atom is -0.459 e. The van der Waals surface area contributed by atoms with Crippen LogP contribution in [0.2, 0.25) is 0 Å². The van der Waals surface area contributed by atoms with Crippen LogP contribution in [0.5, 0.6) is 0 Å².